The average molecular weight is 477 g/mol. The maximum atomic E-state index is 14.5. The summed E-state index contributed by atoms with van der Waals surface area (Å²) in [5.74, 6) is -1.40. The summed E-state index contributed by atoms with van der Waals surface area (Å²) in [6, 6.07) is 5.62. The first-order chi connectivity index (χ1) is 14.5. The second kappa shape index (κ2) is 8.76. The quantitative estimate of drug-likeness (QED) is 0.330. The maximum Gasteiger partial charge on any atom is 0.513 e. The summed E-state index contributed by atoms with van der Waals surface area (Å²) in [5.41, 5.74) is -0.381. The second-order valence-corrected chi connectivity index (χ2v) is 10.7. The minimum absolute atomic E-state index is 0.0304. The van der Waals surface area contributed by atoms with Gasteiger partial charge < -0.3 is 24.4 Å². The molecule has 0 radical (unpaired) electrons. The molecule has 1 saturated heterocycles. The third-order valence-electron chi connectivity index (χ3n) is 4.24. The van der Waals surface area contributed by atoms with Crippen LogP contribution in [0.5, 0.6) is 5.75 Å². The van der Waals surface area contributed by atoms with E-state index in [-0.39, 0.29) is 17.9 Å². The smallest absolute Gasteiger partial charge is 0.434 e. The lowest BCUT2D eigenvalue weighted by atomic mass is 10.2. The van der Waals surface area contributed by atoms with Crippen LogP contribution in [0.15, 0.2) is 42.7 Å². The Kier molecular flexibility index (Phi) is 6.64. The van der Waals surface area contributed by atoms with Crippen molar-refractivity contribution in [1.29, 1.82) is 0 Å². The molecule has 2 heterocycles. The molecule has 14 heteroatoms. The Morgan fingerprint density at radius 1 is 1.26 bits per heavy atom. The number of hydrogen-bond acceptors (Lipinski definition) is 9. The highest BCUT2D eigenvalue weighted by Gasteiger charge is 2.67. The monoisotopic (exact) mass is 477 g/mol. The van der Waals surface area contributed by atoms with Crippen LogP contribution in [0, 0.1) is 5.82 Å². The van der Waals surface area contributed by atoms with Gasteiger partial charge in [-0.25, -0.2) is 9.18 Å². The highest BCUT2D eigenvalue weighted by atomic mass is 31.2. The van der Waals surface area contributed by atoms with Crippen LogP contribution in [-0.2, 0) is 29.3 Å². The minimum Gasteiger partial charge on any atom is -0.434 e. The number of benzene rings is 1. The molecule has 3 rings (SSSR count). The van der Waals surface area contributed by atoms with E-state index in [1.54, 1.807) is 6.92 Å². The topological polar surface area (TPSA) is 162 Å². The highest BCUT2D eigenvalue weighted by Crippen LogP contribution is 2.79. The van der Waals surface area contributed by atoms with Crippen LogP contribution >= 0.6 is 15.2 Å². The van der Waals surface area contributed by atoms with Crippen LogP contribution in [-0.4, -0.2) is 37.7 Å². The molecule has 0 bridgehead atoms. The molecule has 0 aliphatic carbocycles. The van der Waals surface area contributed by atoms with Crippen molar-refractivity contribution in [2.45, 2.75) is 24.7 Å². The van der Waals surface area contributed by atoms with Crippen molar-refractivity contribution in [3.63, 3.8) is 0 Å². The molecule has 3 N–H and O–H groups in total. The lowest BCUT2D eigenvalue weighted by molar-refractivity contribution is -0.0596. The van der Waals surface area contributed by atoms with E-state index in [0.717, 1.165) is 18.2 Å². The number of aliphatic hydroxyl groups is 1. The molecular weight excluding hydrogens is 459 g/mol. The Morgan fingerprint density at radius 3 is 2.48 bits per heavy atom. The summed E-state index contributed by atoms with van der Waals surface area (Å²) in [7, 11) is -10.5. The van der Waals surface area contributed by atoms with Crippen LogP contribution in [0.2, 0.25) is 0 Å². The number of rotatable bonds is 5. The summed E-state index contributed by atoms with van der Waals surface area (Å²) in [5, 5.41) is 7.43. The number of pyridine rings is 1. The Bertz CT molecular complexity index is 1040. The molecule has 31 heavy (non-hydrogen) atoms. The number of ether oxygens (including phenoxy) is 2. The van der Waals surface area contributed by atoms with E-state index in [1.807, 2.05) is 0 Å². The van der Waals surface area contributed by atoms with Crippen molar-refractivity contribution in [1.82, 2.24) is 4.98 Å². The number of halogens is 1. The number of carbonyl (C=O) groups is 1. The molecule has 1 aliphatic rings. The van der Waals surface area contributed by atoms with Crippen LogP contribution in [0.1, 0.15) is 24.3 Å². The highest BCUT2D eigenvalue weighted by molar-refractivity contribution is 7.73. The van der Waals surface area contributed by atoms with Gasteiger partial charge in [-0.05, 0) is 30.7 Å². The predicted octanol–water partition coefficient (Wildman–Crippen LogP) is 3.06. The number of nitrogens with zero attached hydrogens (tertiary/aromatic N) is 1. The predicted molar refractivity (Wildman–Crippen MR) is 102 cm³/mol. The molecule has 2 aromatic rings. The SMILES string of the molecule is CCOC(=O)Oc1ccc(C2OP(=O)(O)C(O)(Cc3cccnc3)P(=O)(O)O2)c(F)c1. The van der Waals surface area contributed by atoms with Gasteiger partial charge in [0.25, 0.3) is 5.08 Å². The Labute approximate surface area is 175 Å². The standard InChI is InChI=1S/C17H18FNO10P2/c1-2-26-16(20)27-12-5-6-13(14(18)8-12)15-28-30(22,23)17(21,31(24,25)29-15)9-11-4-3-7-19-10-11/h3-8,10,15,21H,2,9H2,1H3,(H,22,23)(H,24,25). The van der Waals surface area contributed by atoms with Crippen LogP contribution in [0.25, 0.3) is 0 Å². The first-order valence-corrected chi connectivity index (χ1v) is 11.9. The van der Waals surface area contributed by atoms with Gasteiger partial charge in [-0.1, -0.05) is 6.07 Å². The van der Waals surface area contributed by atoms with Gasteiger partial charge in [0.05, 0.1) is 6.61 Å². The van der Waals surface area contributed by atoms with Gasteiger partial charge in [0.15, 0.2) is 0 Å². The van der Waals surface area contributed by atoms with Gasteiger partial charge >= 0.3 is 21.3 Å². The lowest BCUT2D eigenvalue weighted by Crippen LogP contribution is -2.38. The largest absolute Gasteiger partial charge is 0.513 e. The van der Waals surface area contributed by atoms with Gasteiger partial charge in [-0.15, -0.1) is 0 Å². The first kappa shape index (κ1) is 23.5. The molecule has 2 atom stereocenters. The molecule has 0 amide bonds. The Hall–Kier alpha value is -2.17. The molecule has 0 saturated carbocycles. The van der Waals surface area contributed by atoms with Gasteiger partial charge in [0.1, 0.15) is 11.6 Å². The van der Waals surface area contributed by atoms with E-state index in [0.29, 0.717) is 0 Å². The second-order valence-electron chi connectivity index (χ2n) is 6.36. The molecule has 1 aromatic carbocycles. The van der Waals surface area contributed by atoms with E-state index < -0.39 is 50.5 Å². The van der Waals surface area contributed by atoms with Gasteiger partial charge in [-0.2, -0.15) is 0 Å². The molecule has 1 aromatic heterocycles. The van der Waals surface area contributed by atoms with Crippen molar-refractivity contribution in [3.05, 3.63) is 59.7 Å². The van der Waals surface area contributed by atoms with Gasteiger partial charge in [0.2, 0.25) is 6.29 Å². The van der Waals surface area contributed by atoms with Crippen molar-refractivity contribution in [3.8, 4) is 5.75 Å². The van der Waals surface area contributed by atoms with E-state index in [1.165, 1.54) is 24.5 Å². The third-order valence-corrected chi connectivity index (χ3v) is 8.83. The van der Waals surface area contributed by atoms with E-state index in [2.05, 4.69) is 9.72 Å². The normalized spacial score (nSPS) is 30.5. The number of carbonyl (C=O) groups excluding carboxylic acids is 1. The Balaban J connectivity index is 1.87. The number of aromatic nitrogens is 1. The molecule has 1 aliphatic heterocycles. The molecule has 2 unspecified atom stereocenters. The zero-order chi connectivity index (χ0) is 22.9. The average Bonchev–Trinajstić information content (AvgIpc) is 2.67. The zero-order valence-corrected chi connectivity index (χ0v) is 17.7. The summed E-state index contributed by atoms with van der Waals surface area (Å²) in [6.45, 7) is 1.57. The van der Waals surface area contributed by atoms with Gasteiger partial charge in [0, 0.05) is 30.4 Å². The first-order valence-electron chi connectivity index (χ1n) is 8.77. The molecule has 1 fully saturated rings. The van der Waals surface area contributed by atoms with E-state index in [4.69, 9.17) is 13.8 Å². The summed E-state index contributed by atoms with van der Waals surface area (Å²) in [6.07, 6.45) is -1.36. The minimum atomic E-state index is -5.26. The lowest BCUT2D eigenvalue weighted by Gasteiger charge is -2.41. The van der Waals surface area contributed by atoms with Crippen molar-refractivity contribution >= 4 is 21.3 Å². The molecular formula is C17H18FNO10P2. The fourth-order valence-electron chi connectivity index (χ4n) is 2.70. The summed E-state index contributed by atoms with van der Waals surface area (Å²) >= 11 is 0. The summed E-state index contributed by atoms with van der Waals surface area (Å²) < 4.78 is 58.9. The van der Waals surface area contributed by atoms with Crippen LogP contribution < -0.4 is 4.74 Å². The number of hydrogen-bond donors (Lipinski definition) is 3. The fraction of sp³-hybridized carbons (Fsp3) is 0.294. The molecule has 11 nitrogen and oxygen atoms in total. The zero-order valence-electron chi connectivity index (χ0n) is 16.0. The fourth-order valence-corrected chi connectivity index (χ4v) is 6.27. The van der Waals surface area contributed by atoms with Crippen molar-refractivity contribution in [2.24, 2.45) is 0 Å². The van der Waals surface area contributed by atoms with Crippen LogP contribution in [0.3, 0.4) is 0 Å². The van der Waals surface area contributed by atoms with Crippen molar-refractivity contribution in [2.75, 3.05) is 6.61 Å². The van der Waals surface area contributed by atoms with E-state index >= 15 is 0 Å². The molecule has 168 valence electrons. The molecule has 0 spiro atoms. The van der Waals surface area contributed by atoms with E-state index in [9.17, 15) is 33.2 Å². The third kappa shape index (κ3) is 4.70. The van der Waals surface area contributed by atoms with Crippen molar-refractivity contribution < 1.29 is 51.7 Å². The maximum absolute atomic E-state index is 14.5. The van der Waals surface area contributed by atoms with Gasteiger partial charge in [-0.3, -0.25) is 23.2 Å². The Morgan fingerprint density at radius 2 is 1.94 bits per heavy atom. The van der Waals surface area contributed by atoms with Crippen LogP contribution in [0.4, 0.5) is 9.18 Å². The summed E-state index contributed by atoms with van der Waals surface area (Å²) in [4.78, 5) is 35.7.